The smallest absolute Gasteiger partial charge is 0.270 e. The van der Waals surface area contributed by atoms with Crippen molar-refractivity contribution in [3.63, 3.8) is 0 Å². The molecule has 1 heterocycles. The van der Waals surface area contributed by atoms with Crippen LogP contribution in [0.2, 0.25) is 0 Å². The quantitative estimate of drug-likeness (QED) is 0.389. The van der Waals surface area contributed by atoms with Gasteiger partial charge in [0.25, 0.3) is 11.4 Å². The second kappa shape index (κ2) is 2.69. The first-order valence-electron chi connectivity index (χ1n) is 3.87. The number of rotatable bonds is 1. The summed E-state index contributed by atoms with van der Waals surface area (Å²) in [6.45, 7) is 1.59. The molecule has 0 radical (unpaired) electrons. The molecule has 0 N–H and O–H groups in total. The van der Waals surface area contributed by atoms with Crippen molar-refractivity contribution >= 4 is 16.7 Å². The zero-order valence-electron chi connectivity index (χ0n) is 7.26. The predicted octanol–water partition coefficient (Wildman–Crippen LogP) is 1.28. The molecule has 0 unspecified atom stereocenters. The summed E-state index contributed by atoms with van der Waals surface area (Å²) in [5.74, 6) is 0. The summed E-state index contributed by atoms with van der Waals surface area (Å²) < 4.78 is 4.75. The van der Waals surface area contributed by atoms with Crippen LogP contribution in [0.1, 0.15) is 5.69 Å². The van der Waals surface area contributed by atoms with Gasteiger partial charge in [0.05, 0.1) is 15.9 Å². The Morgan fingerprint density at radius 3 is 2.86 bits per heavy atom. The van der Waals surface area contributed by atoms with E-state index in [1.807, 2.05) is 0 Å². The summed E-state index contributed by atoms with van der Waals surface area (Å²) in [5.41, 5.74) is 0.536. The van der Waals surface area contributed by atoms with E-state index >= 15 is 0 Å². The SMILES string of the molecule is Cc1c2ccc([N+](=O)[O-])cc2o[n+]1[O-]. The number of non-ortho nitro benzene ring substituents is 1. The first kappa shape index (κ1) is 8.49. The Morgan fingerprint density at radius 1 is 1.50 bits per heavy atom. The molecule has 2 aromatic rings. The van der Waals surface area contributed by atoms with Gasteiger partial charge >= 0.3 is 0 Å². The van der Waals surface area contributed by atoms with Crippen LogP contribution >= 0.6 is 0 Å². The van der Waals surface area contributed by atoms with Crippen molar-refractivity contribution in [3.8, 4) is 0 Å². The molecule has 0 aliphatic rings. The first-order chi connectivity index (χ1) is 6.59. The number of nitrogens with zero attached hydrogens (tertiary/aromatic N) is 2. The normalized spacial score (nSPS) is 10.6. The van der Waals surface area contributed by atoms with Crippen molar-refractivity contribution < 1.29 is 14.3 Å². The largest absolute Gasteiger partial charge is 0.366 e. The summed E-state index contributed by atoms with van der Waals surface area (Å²) in [6, 6.07) is 4.07. The van der Waals surface area contributed by atoms with Gasteiger partial charge in [0.1, 0.15) is 0 Å². The average Bonchev–Trinajstić information content (AvgIpc) is 2.42. The van der Waals surface area contributed by atoms with Crippen LogP contribution < -0.4 is 4.90 Å². The average molecular weight is 194 g/mol. The van der Waals surface area contributed by atoms with Gasteiger partial charge in [0.2, 0.25) is 0 Å². The lowest BCUT2D eigenvalue weighted by molar-refractivity contribution is -0.792. The van der Waals surface area contributed by atoms with E-state index in [-0.39, 0.29) is 11.3 Å². The third-order valence-corrected chi connectivity index (χ3v) is 2.02. The topological polar surface area (TPSA) is 83.2 Å². The molecular weight excluding hydrogens is 188 g/mol. The Hall–Kier alpha value is -2.11. The maximum Gasteiger partial charge on any atom is 0.270 e. The predicted molar refractivity (Wildman–Crippen MR) is 46.6 cm³/mol. The molecule has 1 aromatic heterocycles. The molecule has 0 bridgehead atoms. The second-order valence-electron chi connectivity index (χ2n) is 2.87. The van der Waals surface area contributed by atoms with E-state index in [2.05, 4.69) is 0 Å². The van der Waals surface area contributed by atoms with Crippen molar-refractivity contribution in [3.05, 3.63) is 39.2 Å². The molecule has 0 saturated heterocycles. The summed E-state index contributed by atoms with van der Waals surface area (Å²) in [7, 11) is 0. The standard InChI is InChI=1S/C8H6N2O4/c1-5-7-3-2-6(9(11)12)4-8(7)14-10(5)13/h2-4H,1H3. The Bertz CT molecular complexity index is 517. The van der Waals surface area contributed by atoms with Crippen LogP contribution in [0.5, 0.6) is 0 Å². The molecule has 0 spiro atoms. The minimum absolute atomic E-state index is 0.0909. The van der Waals surface area contributed by atoms with Gasteiger partial charge in [-0.25, -0.2) is 0 Å². The molecule has 0 atom stereocenters. The highest BCUT2D eigenvalue weighted by molar-refractivity contribution is 5.80. The third-order valence-electron chi connectivity index (χ3n) is 2.02. The molecule has 2 rings (SSSR count). The summed E-state index contributed by atoms with van der Waals surface area (Å²) in [4.78, 5) is 10.2. The number of aromatic nitrogens is 1. The van der Waals surface area contributed by atoms with Gasteiger partial charge < -0.3 is 4.52 Å². The number of nitro benzene ring substituents is 1. The fraction of sp³-hybridized carbons (Fsp3) is 0.125. The molecule has 0 saturated carbocycles. The molecule has 14 heavy (non-hydrogen) atoms. The molecule has 0 fully saturated rings. The van der Waals surface area contributed by atoms with Gasteiger partial charge in [-0.3, -0.25) is 15.3 Å². The van der Waals surface area contributed by atoms with Gasteiger partial charge in [-0.05, 0) is 6.07 Å². The molecule has 6 heteroatoms. The number of fused-ring (bicyclic) bond motifs is 1. The summed E-state index contributed by atoms with van der Waals surface area (Å²) in [6.07, 6.45) is 0. The van der Waals surface area contributed by atoms with Crippen LogP contribution in [0, 0.1) is 22.2 Å². The fourth-order valence-electron chi connectivity index (χ4n) is 1.26. The fourth-order valence-corrected chi connectivity index (χ4v) is 1.26. The molecule has 0 aliphatic carbocycles. The van der Waals surface area contributed by atoms with Crippen LogP contribution in [-0.4, -0.2) is 4.92 Å². The minimum Gasteiger partial charge on any atom is -0.366 e. The zero-order valence-corrected chi connectivity index (χ0v) is 7.26. The van der Waals surface area contributed by atoms with Crippen molar-refractivity contribution in [2.45, 2.75) is 6.92 Å². The van der Waals surface area contributed by atoms with Crippen LogP contribution in [0.25, 0.3) is 11.0 Å². The monoisotopic (exact) mass is 194 g/mol. The third kappa shape index (κ3) is 1.08. The van der Waals surface area contributed by atoms with Crippen LogP contribution in [0.15, 0.2) is 22.7 Å². The molecular formula is C8H6N2O4. The van der Waals surface area contributed by atoms with E-state index in [4.69, 9.17) is 4.52 Å². The zero-order chi connectivity index (χ0) is 10.3. The van der Waals surface area contributed by atoms with E-state index in [9.17, 15) is 15.3 Å². The molecule has 0 aliphatic heterocycles. The maximum absolute atomic E-state index is 11.0. The van der Waals surface area contributed by atoms with Gasteiger partial charge in [0.15, 0.2) is 0 Å². The van der Waals surface area contributed by atoms with Crippen LogP contribution in [-0.2, 0) is 0 Å². The van der Waals surface area contributed by atoms with E-state index in [0.717, 1.165) is 0 Å². The minimum atomic E-state index is -0.535. The van der Waals surface area contributed by atoms with Crippen molar-refractivity contribution in [2.75, 3.05) is 0 Å². The Labute approximate surface area is 78.1 Å². The van der Waals surface area contributed by atoms with Gasteiger partial charge in [0, 0.05) is 24.0 Å². The maximum atomic E-state index is 11.0. The summed E-state index contributed by atoms with van der Waals surface area (Å²) in [5, 5.41) is 22.0. The lowest BCUT2D eigenvalue weighted by Gasteiger charge is -1.89. The van der Waals surface area contributed by atoms with E-state index in [1.54, 1.807) is 6.92 Å². The number of benzene rings is 1. The highest BCUT2D eigenvalue weighted by Gasteiger charge is 2.14. The Morgan fingerprint density at radius 2 is 2.21 bits per heavy atom. The Kier molecular flexibility index (Phi) is 1.63. The van der Waals surface area contributed by atoms with Crippen molar-refractivity contribution in [1.29, 1.82) is 0 Å². The molecule has 72 valence electrons. The Balaban J connectivity index is 2.73. The molecule has 6 nitrogen and oxygen atoms in total. The van der Waals surface area contributed by atoms with E-state index in [1.165, 1.54) is 18.2 Å². The van der Waals surface area contributed by atoms with Gasteiger partial charge in [-0.15, -0.1) is 0 Å². The van der Waals surface area contributed by atoms with Crippen molar-refractivity contribution in [2.24, 2.45) is 0 Å². The lowest BCUT2D eigenvalue weighted by Crippen LogP contribution is -2.25. The van der Waals surface area contributed by atoms with E-state index < -0.39 is 4.92 Å². The molecule has 0 amide bonds. The second-order valence-corrected chi connectivity index (χ2v) is 2.87. The van der Waals surface area contributed by atoms with Crippen LogP contribution in [0.3, 0.4) is 0 Å². The number of hydrogen-bond donors (Lipinski definition) is 0. The highest BCUT2D eigenvalue weighted by atomic mass is 16.7. The molecule has 1 aromatic carbocycles. The van der Waals surface area contributed by atoms with Crippen molar-refractivity contribution in [1.82, 2.24) is 0 Å². The summed E-state index contributed by atoms with van der Waals surface area (Å²) >= 11 is 0. The highest BCUT2D eigenvalue weighted by Crippen LogP contribution is 2.21. The van der Waals surface area contributed by atoms with E-state index in [0.29, 0.717) is 16.0 Å². The van der Waals surface area contributed by atoms with Crippen LogP contribution in [0.4, 0.5) is 5.69 Å². The number of hydrogen-bond acceptors (Lipinski definition) is 4. The lowest BCUT2D eigenvalue weighted by atomic mass is 10.2. The van der Waals surface area contributed by atoms with Gasteiger partial charge in [-0.1, -0.05) is 0 Å². The van der Waals surface area contributed by atoms with Gasteiger partial charge in [-0.2, -0.15) is 0 Å². The number of nitro groups is 1. The first-order valence-corrected chi connectivity index (χ1v) is 3.87. The number of aryl methyl sites for hydroxylation is 1.